The molecule has 0 aliphatic carbocycles. The maximum atomic E-state index is 12.5. The lowest BCUT2D eigenvalue weighted by atomic mass is 9.98. The van der Waals surface area contributed by atoms with Crippen LogP contribution in [-0.4, -0.2) is 76.1 Å². The van der Waals surface area contributed by atoms with Crippen molar-refractivity contribution in [2.45, 2.75) is 58.3 Å². The number of nitrogens with zero attached hydrogens (tertiary/aromatic N) is 4. The Morgan fingerprint density at radius 2 is 1.88 bits per heavy atom. The quantitative estimate of drug-likeness (QED) is 0.0781. The number of ether oxygens (including phenoxy) is 2. The standard InChI is InChI=1S/C27H36ClN4O9P/c1-16(17-10-8-7-9-11-17)31(5)22-18-12-13-32(23(18)30-26(28)29-22)24-21(34)20(33)19(40-24)14-38-41-42(6,36)39-15-37-25(35)27(2,3)4/h7-13,16,19-21,24,33-34H,14-15H2,1-6H3/t16?,19-,20-,21-,24-,42?/m1/s1. The zero-order chi connectivity index (χ0) is 30.8. The van der Waals surface area contributed by atoms with E-state index in [1.54, 1.807) is 37.6 Å². The number of halogens is 1. The molecule has 2 N–H and O–H groups in total. The van der Waals surface area contributed by atoms with E-state index < -0.39 is 56.9 Å². The van der Waals surface area contributed by atoms with E-state index in [9.17, 15) is 19.6 Å². The second-order valence-electron chi connectivity index (χ2n) is 11.1. The number of hydrogen-bond acceptors (Lipinski definition) is 12. The molecular weight excluding hydrogens is 591 g/mol. The molecular formula is C27H36ClN4O9P. The van der Waals surface area contributed by atoms with Crippen molar-refractivity contribution in [3.8, 4) is 0 Å². The molecule has 13 nitrogen and oxygen atoms in total. The summed E-state index contributed by atoms with van der Waals surface area (Å²) in [5.74, 6) is 0.0350. The second kappa shape index (κ2) is 12.9. The molecule has 6 atom stereocenters. The monoisotopic (exact) mass is 626 g/mol. The van der Waals surface area contributed by atoms with Gasteiger partial charge in [0, 0.05) is 19.9 Å². The van der Waals surface area contributed by atoms with Gasteiger partial charge in [0.2, 0.25) is 12.1 Å². The molecule has 3 aromatic rings. The minimum Gasteiger partial charge on any atom is -0.438 e. The van der Waals surface area contributed by atoms with Gasteiger partial charge in [-0.15, -0.1) is 4.67 Å². The number of hydrogen-bond donors (Lipinski definition) is 2. The number of anilines is 1. The van der Waals surface area contributed by atoms with Crippen LogP contribution in [0.3, 0.4) is 0 Å². The lowest BCUT2D eigenvalue weighted by Crippen LogP contribution is -2.33. The molecule has 1 saturated heterocycles. The summed E-state index contributed by atoms with van der Waals surface area (Å²) >= 11 is 6.32. The third-order valence-electron chi connectivity index (χ3n) is 6.84. The van der Waals surface area contributed by atoms with Crippen molar-refractivity contribution in [1.29, 1.82) is 0 Å². The predicted molar refractivity (Wildman–Crippen MR) is 154 cm³/mol. The molecule has 1 aromatic carbocycles. The summed E-state index contributed by atoms with van der Waals surface area (Å²) in [4.78, 5) is 27.6. The van der Waals surface area contributed by atoms with Crippen LogP contribution in [0.15, 0.2) is 42.6 Å². The van der Waals surface area contributed by atoms with Crippen LogP contribution in [0.1, 0.15) is 45.5 Å². The molecule has 0 radical (unpaired) electrons. The van der Waals surface area contributed by atoms with E-state index in [0.29, 0.717) is 16.9 Å². The fraction of sp³-hybridized carbons (Fsp3) is 0.519. The van der Waals surface area contributed by atoms with Gasteiger partial charge in [0.05, 0.1) is 16.8 Å². The van der Waals surface area contributed by atoms with Gasteiger partial charge in [0.1, 0.15) is 36.4 Å². The number of benzene rings is 1. The van der Waals surface area contributed by atoms with E-state index in [0.717, 1.165) is 12.2 Å². The Morgan fingerprint density at radius 3 is 2.55 bits per heavy atom. The topological polar surface area (TPSA) is 155 Å². The van der Waals surface area contributed by atoms with Crippen LogP contribution in [-0.2, 0) is 32.9 Å². The molecule has 42 heavy (non-hydrogen) atoms. The van der Waals surface area contributed by atoms with Crippen LogP contribution < -0.4 is 4.90 Å². The highest BCUT2D eigenvalue weighted by molar-refractivity contribution is 7.52. The van der Waals surface area contributed by atoms with Crippen molar-refractivity contribution in [2.75, 3.05) is 32.0 Å². The van der Waals surface area contributed by atoms with Crippen molar-refractivity contribution in [1.82, 2.24) is 14.5 Å². The van der Waals surface area contributed by atoms with E-state index in [1.165, 1.54) is 0 Å². The van der Waals surface area contributed by atoms with Gasteiger partial charge in [-0.2, -0.15) is 9.97 Å². The third kappa shape index (κ3) is 7.29. The summed E-state index contributed by atoms with van der Waals surface area (Å²) in [6.07, 6.45) is -3.19. The number of carbonyl (C=O) groups excluding carboxylic acids is 1. The molecule has 0 amide bonds. The van der Waals surface area contributed by atoms with Gasteiger partial charge in [0.25, 0.3) is 0 Å². The highest BCUT2D eigenvalue weighted by Gasteiger charge is 2.45. The Kier molecular flexibility index (Phi) is 9.96. The minimum atomic E-state index is -3.78. The Labute approximate surface area is 248 Å². The Hall–Kier alpha value is -2.61. The summed E-state index contributed by atoms with van der Waals surface area (Å²) in [5.41, 5.74) is 0.715. The number of aliphatic hydroxyl groups excluding tert-OH is 2. The zero-order valence-electron chi connectivity index (χ0n) is 24.2. The van der Waals surface area contributed by atoms with E-state index in [1.807, 2.05) is 49.2 Å². The van der Waals surface area contributed by atoms with Crippen LogP contribution in [0.2, 0.25) is 5.28 Å². The van der Waals surface area contributed by atoms with Crippen LogP contribution in [0.25, 0.3) is 11.0 Å². The van der Waals surface area contributed by atoms with Gasteiger partial charge in [-0.3, -0.25) is 13.9 Å². The van der Waals surface area contributed by atoms with Crippen molar-refractivity contribution in [3.63, 3.8) is 0 Å². The maximum absolute atomic E-state index is 12.5. The van der Waals surface area contributed by atoms with Crippen molar-refractivity contribution < 1.29 is 43.1 Å². The largest absolute Gasteiger partial charge is 0.438 e. The molecule has 0 bridgehead atoms. The van der Waals surface area contributed by atoms with Crippen LogP contribution in [0.5, 0.6) is 0 Å². The van der Waals surface area contributed by atoms with Crippen molar-refractivity contribution >= 4 is 42.0 Å². The number of aromatic nitrogens is 3. The smallest absolute Gasteiger partial charge is 0.358 e. The fourth-order valence-corrected chi connectivity index (χ4v) is 5.01. The molecule has 1 fully saturated rings. The molecule has 0 spiro atoms. The van der Waals surface area contributed by atoms with Gasteiger partial charge in [-0.1, -0.05) is 30.3 Å². The van der Waals surface area contributed by atoms with Crippen LogP contribution in [0.4, 0.5) is 5.82 Å². The number of aliphatic hydroxyl groups is 2. The first-order valence-corrected chi connectivity index (χ1v) is 15.6. The zero-order valence-corrected chi connectivity index (χ0v) is 25.9. The molecule has 1 aliphatic rings. The molecule has 2 unspecified atom stereocenters. The maximum Gasteiger partial charge on any atom is 0.358 e. The second-order valence-corrected chi connectivity index (χ2v) is 13.4. The van der Waals surface area contributed by atoms with Crippen molar-refractivity contribution in [3.05, 3.63) is 53.4 Å². The number of carbonyl (C=O) groups is 1. The molecule has 230 valence electrons. The average molecular weight is 627 g/mol. The van der Waals surface area contributed by atoms with Gasteiger partial charge in [0.15, 0.2) is 6.23 Å². The van der Waals surface area contributed by atoms with E-state index in [-0.39, 0.29) is 11.3 Å². The molecule has 3 heterocycles. The average Bonchev–Trinajstić information content (AvgIpc) is 3.47. The number of rotatable bonds is 11. The lowest BCUT2D eigenvalue weighted by molar-refractivity contribution is -0.241. The van der Waals surface area contributed by atoms with Gasteiger partial charge < -0.3 is 29.2 Å². The molecule has 15 heteroatoms. The number of fused-ring (bicyclic) bond motifs is 1. The normalized spacial score (nSPS) is 23.1. The highest BCUT2D eigenvalue weighted by atomic mass is 35.5. The molecule has 1 aliphatic heterocycles. The predicted octanol–water partition coefficient (Wildman–Crippen LogP) is 4.24. The number of esters is 1. The first kappa shape index (κ1) is 32.3. The van der Waals surface area contributed by atoms with Crippen molar-refractivity contribution in [2.24, 2.45) is 5.41 Å². The molecule has 0 saturated carbocycles. The van der Waals surface area contributed by atoms with Crippen LogP contribution in [0, 0.1) is 5.41 Å². The summed E-state index contributed by atoms with van der Waals surface area (Å²) in [6, 6.07) is 11.7. The minimum absolute atomic E-state index is 0.00208. The highest BCUT2D eigenvalue weighted by Crippen LogP contribution is 2.44. The van der Waals surface area contributed by atoms with Gasteiger partial charge in [-0.25, -0.2) is 4.89 Å². The van der Waals surface area contributed by atoms with Crippen LogP contribution >= 0.6 is 19.2 Å². The first-order valence-electron chi connectivity index (χ1n) is 13.2. The Bertz CT molecular complexity index is 1430. The fourth-order valence-electron chi connectivity index (χ4n) is 4.31. The van der Waals surface area contributed by atoms with E-state index in [2.05, 4.69) is 9.97 Å². The Balaban J connectivity index is 1.42. The molecule has 2 aromatic heterocycles. The first-order chi connectivity index (χ1) is 19.7. The summed E-state index contributed by atoms with van der Waals surface area (Å²) in [6.45, 7) is 7.17. The van der Waals surface area contributed by atoms with Gasteiger partial charge >= 0.3 is 13.6 Å². The lowest BCUT2D eigenvalue weighted by Gasteiger charge is -2.27. The summed E-state index contributed by atoms with van der Waals surface area (Å²) in [5, 5.41) is 22.1. The van der Waals surface area contributed by atoms with E-state index >= 15 is 0 Å². The Morgan fingerprint density at radius 1 is 1.19 bits per heavy atom. The van der Waals surface area contributed by atoms with E-state index in [4.69, 9.17) is 35.2 Å². The molecule has 4 rings (SSSR count). The van der Waals surface area contributed by atoms with Gasteiger partial charge in [-0.05, 0) is 50.9 Å². The summed E-state index contributed by atoms with van der Waals surface area (Å²) in [7, 11) is -1.88. The third-order valence-corrected chi connectivity index (χ3v) is 7.96. The summed E-state index contributed by atoms with van der Waals surface area (Å²) < 4.78 is 34.7. The SMILES string of the molecule is CC(c1ccccc1)N(C)c1nc(Cl)nc2c1ccn2[C@@H]1O[C@H](COOP(C)(=O)OCOC(=O)C(C)(C)C)[C@@H](O)[C@H]1O.